The van der Waals surface area contributed by atoms with Crippen LogP contribution in [0.4, 0.5) is 10.1 Å². The van der Waals surface area contributed by atoms with E-state index in [2.05, 4.69) is 54.3 Å². The molecule has 2 aliphatic rings. The van der Waals surface area contributed by atoms with E-state index in [1.807, 2.05) is 41.2 Å². The van der Waals surface area contributed by atoms with E-state index in [1.165, 1.54) is 5.56 Å². The molecule has 0 unspecified atom stereocenters. The van der Waals surface area contributed by atoms with Crippen LogP contribution in [0, 0.1) is 5.82 Å². The van der Waals surface area contributed by atoms with Gasteiger partial charge in [-0.15, -0.1) is 0 Å². The Balaban J connectivity index is 1.44. The average Bonchev–Trinajstić information content (AvgIpc) is 3.68. The van der Waals surface area contributed by atoms with Crippen molar-refractivity contribution in [1.82, 2.24) is 9.78 Å². The lowest BCUT2D eigenvalue weighted by Gasteiger charge is -2.44. The smallest absolute Gasteiger partial charge is 0.328 e. The third kappa shape index (κ3) is 4.99. The number of fused-ring (bicyclic) bond motifs is 1. The Bertz CT molecular complexity index is 1550. The van der Waals surface area contributed by atoms with Crippen molar-refractivity contribution in [2.24, 2.45) is 0 Å². The Labute approximate surface area is 228 Å². The number of hydrogen-bond donors (Lipinski definition) is 1. The highest BCUT2D eigenvalue weighted by Crippen LogP contribution is 2.45. The fourth-order valence-electron chi connectivity index (χ4n) is 5.81. The third-order valence-electron chi connectivity index (χ3n) is 7.97. The van der Waals surface area contributed by atoms with E-state index in [-0.39, 0.29) is 17.9 Å². The van der Waals surface area contributed by atoms with Gasteiger partial charge in [-0.3, -0.25) is 4.68 Å². The molecule has 1 aliphatic heterocycles. The lowest BCUT2D eigenvalue weighted by atomic mass is 9.83. The molecule has 0 saturated heterocycles. The fourth-order valence-corrected chi connectivity index (χ4v) is 5.81. The standard InChI is InChI=1S/C33H32FN3O2/c1-3-36-20-28(19-35-36)25-11-13-29-27(17-25)16-21(2)37(31-14-12-26(18-30(31)34)23-9-10-23)33(29)24-7-4-22(5-8-24)6-15-32(38)39/h4-8,11-15,17-21,23,33H,3,9-10,16H2,1-2H3,(H,38,39)/b15-6+/t21-,33-/m1/s1. The molecule has 6 heteroatoms. The molecular weight excluding hydrogens is 489 g/mol. The van der Waals surface area contributed by atoms with Crippen molar-refractivity contribution in [3.05, 3.63) is 113 Å². The van der Waals surface area contributed by atoms with Crippen molar-refractivity contribution < 1.29 is 14.3 Å². The Hall–Kier alpha value is -4.19. The Morgan fingerprint density at radius 3 is 2.49 bits per heavy atom. The van der Waals surface area contributed by atoms with E-state index < -0.39 is 5.97 Å². The summed E-state index contributed by atoms with van der Waals surface area (Å²) >= 11 is 0. The van der Waals surface area contributed by atoms with Crippen LogP contribution in [0.15, 0.2) is 79.1 Å². The highest BCUT2D eigenvalue weighted by molar-refractivity contribution is 5.85. The normalized spacial score (nSPS) is 18.9. The molecule has 1 aliphatic carbocycles. The van der Waals surface area contributed by atoms with Crippen LogP contribution in [-0.2, 0) is 17.8 Å². The first-order valence-electron chi connectivity index (χ1n) is 13.7. The largest absolute Gasteiger partial charge is 0.478 e. The molecule has 1 aromatic heterocycles. The predicted octanol–water partition coefficient (Wildman–Crippen LogP) is 7.22. The molecule has 0 bridgehead atoms. The molecule has 1 fully saturated rings. The second-order valence-corrected chi connectivity index (χ2v) is 10.7. The zero-order valence-corrected chi connectivity index (χ0v) is 22.2. The Morgan fingerprint density at radius 1 is 1.05 bits per heavy atom. The summed E-state index contributed by atoms with van der Waals surface area (Å²) in [7, 11) is 0. The highest BCUT2D eigenvalue weighted by atomic mass is 19.1. The van der Waals surface area contributed by atoms with Crippen LogP contribution < -0.4 is 4.90 Å². The molecule has 0 radical (unpaired) electrons. The molecule has 2 heterocycles. The van der Waals surface area contributed by atoms with Gasteiger partial charge in [-0.05, 0) is 90.6 Å². The number of hydrogen-bond acceptors (Lipinski definition) is 3. The van der Waals surface area contributed by atoms with Crippen molar-refractivity contribution in [3.8, 4) is 11.1 Å². The number of carbonyl (C=O) groups is 1. The van der Waals surface area contributed by atoms with Crippen molar-refractivity contribution in [2.75, 3.05) is 4.90 Å². The summed E-state index contributed by atoms with van der Waals surface area (Å²) in [6.45, 7) is 5.06. The maximum atomic E-state index is 15.7. The van der Waals surface area contributed by atoms with Crippen LogP contribution in [0.5, 0.6) is 0 Å². The van der Waals surface area contributed by atoms with Crippen LogP contribution >= 0.6 is 0 Å². The number of aromatic nitrogens is 2. The number of aryl methyl sites for hydroxylation is 1. The molecule has 3 aromatic carbocycles. The van der Waals surface area contributed by atoms with Gasteiger partial charge in [-0.2, -0.15) is 5.10 Å². The molecule has 6 rings (SSSR count). The molecule has 2 atom stereocenters. The van der Waals surface area contributed by atoms with Crippen LogP contribution in [0.3, 0.4) is 0 Å². The number of anilines is 1. The summed E-state index contributed by atoms with van der Waals surface area (Å²) in [6.07, 6.45) is 9.76. The number of carboxylic acid groups (broad SMARTS) is 1. The summed E-state index contributed by atoms with van der Waals surface area (Å²) in [4.78, 5) is 13.2. The maximum absolute atomic E-state index is 15.7. The van der Waals surface area contributed by atoms with E-state index in [4.69, 9.17) is 5.11 Å². The molecule has 39 heavy (non-hydrogen) atoms. The zero-order chi connectivity index (χ0) is 27.1. The predicted molar refractivity (Wildman–Crippen MR) is 152 cm³/mol. The van der Waals surface area contributed by atoms with Crippen LogP contribution in [0.1, 0.15) is 66.5 Å². The Kier molecular flexibility index (Phi) is 6.55. The van der Waals surface area contributed by atoms with Gasteiger partial charge >= 0.3 is 5.97 Å². The Morgan fingerprint density at radius 2 is 1.82 bits per heavy atom. The van der Waals surface area contributed by atoms with Crippen molar-refractivity contribution in [2.45, 2.75) is 57.7 Å². The minimum atomic E-state index is -0.981. The van der Waals surface area contributed by atoms with Gasteiger partial charge in [0.25, 0.3) is 0 Å². The van der Waals surface area contributed by atoms with E-state index >= 15 is 4.39 Å². The van der Waals surface area contributed by atoms with Gasteiger partial charge in [-0.1, -0.05) is 48.5 Å². The number of nitrogens with zero attached hydrogens (tertiary/aromatic N) is 3. The quantitative estimate of drug-likeness (QED) is 0.261. The van der Waals surface area contributed by atoms with Gasteiger partial charge in [0.15, 0.2) is 0 Å². The molecule has 4 aromatic rings. The second-order valence-electron chi connectivity index (χ2n) is 10.7. The van der Waals surface area contributed by atoms with E-state index in [1.54, 1.807) is 12.1 Å². The first-order valence-corrected chi connectivity index (χ1v) is 13.7. The maximum Gasteiger partial charge on any atom is 0.328 e. The average molecular weight is 522 g/mol. The molecule has 1 N–H and O–H groups in total. The van der Waals surface area contributed by atoms with Gasteiger partial charge in [0.05, 0.1) is 17.9 Å². The number of halogens is 1. The topological polar surface area (TPSA) is 58.4 Å². The number of rotatable bonds is 7. The van der Waals surface area contributed by atoms with Gasteiger partial charge < -0.3 is 10.0 Å². The molecule has 5 nitrogen and oxygen atoms in total. The van der Waals surface area contributed by atoms with Gasteiger partial charge in [-0.25, -0.2) is 9.18 Å². The highest BCUT2D eigenvalue weighted by Gasteiger charge is 2.35. The first-order chi connectivity index (χ1) is 18.9. The summed E-state index contributed by atoms with van der Waals surface area (Å²) in [6, 6.07) is 20.1. The molecule has 1 saturated carbocycles. The molecule has 0 amide bonds. The summed E-state index contributed by atoms with van der Waals surface area (Å²) in [5, 5.41) is 13.4. The SMILES string of the molecule is CCn1cc(-c2ccc3c(c2)C[C@@H](C)N(c2ccc(C4CC4)cc2F)[C@@H]3c2ccc(/C=C/C(=O)O)cc2)cn1. The van der Waals surface area contributed by atoms with E-state index in [9.17, 15) is 4.79 Å². The van der Waals surface area contributed by atoms with E-state index in [0.29, 0.717) is 11.6 Å². The van der Waals surface area contributed by atoms with Gasteiger partial charge in [0.1, 0.15) is 5.82 Å². The summed E-state index contributed by atoms with van der Waals surface area (Å²) in [5.41, 5.74) is 8.15. The van der Waals surface area contributed by atoms with Gasteiger partial charge in [0.2, 0.25) is 0 Å². The van der Waals surface area contributed by atoms with Crippen LogP contribution in [-0.4, -0.2) is 26.9 Å². The number of benzene rings is 3. The monoisotopic (exact) mass is 521 g/mol. The minimum absolute atomic E-state index is 0.0592. The molecular formula is C33H32FN3O2. The minimum Gasteiger partial charge on any atom is -0.478 e. The lowest BCUT2D eigenvalue weighted by molar-refractivity contribution is -0.131. The third-order valence-corrected chi connectivity index (χ3v) is 7.97. The van der Waals surface area contributed by atoms with Crippen LogP contribution in [0.25, 0.3) is 17.2 Å². The molecule has 0 spiro atoms. The van der Waals surface area contributed by atoms with Crippen molar-refractivity contribution >= 4 is 17.7 Å². The number of carboxylic acids is 1. The first kappa shape index (κ1) is 25.1. The zero-order valence-electron chi connectivity index (χ0n) is 22.2. The lowest BCUT2D eigenvalue weighted by Crippen LogP contribution is -2.43. The summed E-state index contributed by atoms with van der Waals surface area (Å²) in [5.74, 6) is -0.666. The van der Waals surface area contributed by atoms with Crippen molar-refractivity contribution in [3.63, 3.8) is 0 Å². The fraction of sp³-hybridized carbons (Fsp3) is 0.273. The van der Waals surface area contributed by atoms with Crippen LogP contribution in [0.2, 0.25) is 0 Å². The summed E-state index contributed by atoms with van der Waals surface area (Å²) < 4.78 is 17.6. The van der Waals surface area contributed by atoms with E-state index in [0.717, 1.165) is 65.3 Å². The second kappa shape index (κ2) is 10.2. The van der Waals surface area contributed by atoms with Crippen molar-refractivity contribution in [1.29, 1.82) is 0 Å². The molecule has 198 valence electrons. The number of aliphatic carboxylic acids is 1. The van der Waals surface area contributed by atoms with Gasteiger partial charge in [0, 0.05) is 30.4 Å².